The lowest BCUT2D eigenvalue weighted by Crippen LogP contribution is -2.13. The topological polar surface area (TPSA) is 51.8 Å². The van der Waals surface area contributed by atoms with E-state index in [-0.39, 0.29) is 11.1 Å². The summed E-state index contributed by atoms with van der Waals surface area (Å²) in [5.74, 6) is 3.38. The van der Waals surface area contributed by atoms with Crippen LogP contribution in [-0.2, 0) is 0 Å². The molecule has 15 heavy (non-hydrogen) atoms. The molecule has 1 aromatic heterocycles. The third-order valence-corrected chi connectivity index (χ3v) is 4.91. The summed E-state index contributed by atoms with van der Waals surface area (Å²) in [5, 5.41) is 0.255. The first-order valence-electron chi connectivity index (χ1n) is 4.67. The van der Waals surface area contributed by atoms with E-state index in [0.29, 0.717) is 11.5 Å². The van der Waals surface area contributed by atoms with Gasteiger partial charge in [0.15, 0.2) is 11.6 Å². The number of nitrogens with zero attached hydrogens (tertiary/aromatic N) is 2. The molecule has 1 aliphatic rings. The van der Waals surface area contributed by atoms with E-state index in [2.05, 4.69) is 9.97 Å². The Morgan fingerprint density at radius 2 is 2.20 bits per heavy atom. The number of hydrogen-bond donors (Lipinski definition) is 1. The van der Waals surface area contributed by atoms with Crippen LogP contribution in [0.1, 0.15) is 16.8 Å². The van der Waals surface area contributed by atoms with Crippen LogP contribution in [0.2, 0.25) is 0 Å². The molecule has 0 spiro atoms. The molecule has 2 N–H and O–H groups in total. The maximum Gasteiger partial charge on any atom is 0.186 e. The van der Waals surface area contributed by atoms with Crippen molar-refractivity contribution in [1.29, 1.82) is 0 Å². The molecule has 0 bridgehead atoms. The van der Waals surface area contributed by atoms with Gasteiger partial charge in [-0.1, -0.05) is 0 Å². The quantitative estimate of drug-likeness (QED) is 0.820. The zero-order valence-electron chi connectivity index (χ0n) is 8.36. The maximum absolute atomic E-state index is 13.2. The number of nitrogens with two attached hydrogens (primary N) is 1. The number of nitrogen functional groups attached to an aromatic ring is 1. The van der Waals surface area contributed by atoms with Crippen LogP contribution in [0.4, 0.5) is 10.2 Å². The van der Waals surface area contributed by atoms with E-state index in [4.69, 9.17) is 5.73 Å². The van der Waals surface area contributed by atoms with Crippen LogP contribution < -0.4 is 5.73 Å². The number of rotatable bonds is 1. The van der Waals surface area contributed by atoms with Crippen LogP contribution >= 0.6 is 23.5 Å². The predicted molar refractivity (Wildman–Crippen MR) is 63.7 cm³/mol. The highest BCUT2D eigenvalue weighted by Gasteiger charge is 2.21. The minimum absolute atomic E-state index is 0.0336. The normalized spacial score (nSPS) is 21.6. The minimum atomic E-state index is -0.493. The van der Waals surface area contributed by atoms with Gasteiger partial charge in [-0.2, -0.15) is 11.8 Å². The molecule has 0 saturated carbocycles. The summed E-state index contributed by atoms with van der Waals surface area (Å²) in [5.41, 5.74) is 5.83. The predicted octanol–water partition coefficient (Wildman–Crippen LogP) is 2.03. The van der Waals surface area contributed by atoms with Crippen molar-refractivity contribution < 1.29 is 4.39 Å². The largest absolute Gasteiger partial charge is 0.381 e. The van der Waals surface area contributed by atoms with Gasteiger partial charge in [-0.05, 0) is 6.92 Å². The van der Waals surface area contributed by atoms with Crippen molar-refractivity contribution in [3.63, 3.8) is 0 Å². The Hall–Kier alpha value is -0.490. The van der Waals surface area contributed by atoms with Gasteiger partial charge in [-0.3, -0.25) is 0 Å². The minimum Gasteiger partial charge on any atom is -0.381 e. The monoisotopic (exact) mass is 245 g/mol. The maximum atomic E-state index is 13.2. The van der Waals surface area contributed by atoms with Gasteiger partial charge in [0.25, 0.3) is 0 Å². The lowest BCUT2D eigenvalue weighted by atomic mass is 10.3. The Labute approximate surface area is 96.4 Å². The van der Waals surface area contributed by atoms with Gasteiger partial charge in [0.1, 0.15) is 5.82 Å². The Kier molecular flexibility index (Phi) is 3.35. The number of anilines is 1. The highest BCUT2D eigenvalue weighted by atomic mass is 32.2. The fraction of sp³-hybridized carbons (Fsp3) is 0.556. The van der Waals surface area contributed by atoms with E-state index in [1.807, 2.05) is 23.5 Å². The molecule has 0 aromatic carbocycles. The highest BCUT2D eigenvalue weighted by molar-refractivity contribution is 8.06. The molecule has 1 saturated heterocycles. The molecule has 0 radical (unpaired) electrons. The van der Waals surface area contributed by atoms with Gasteiger partial charge >= 0.3 is 0 Å². The molecule has 1 aliphatic heterocycles. The lowest BCUT2D eigenvalue weighted by Gasteiger charge is -2.20. The smallest absolute Gasteiger partial charge is 0.186 e. The SMILES string of the molecule is Cc1nc(C2CSCCS2)nc(N)c1F. The first kappa shape index (κ1) is 11.0. The van der Waals surface area contributed by atoms with E-state index in [1.54, 1.807) is 6.92 Å². The van der Waals surface area contributed by atoms with Crippen LogP contribution in [0.25, 0.3) is 0 Å². The Bertz CT molecular complexity index is 343. The summed E-state index contributed by atoms with van der Waals surface area (Å²) < 4.78 is 13.2. The average Bonchev–Trinajstić information content (AvgIpc) is 2.26. The van der Waals surface area contributed by atoms with Crippen molar-refractivity contribution in [2.45, 2.75) is 12.2 Å². The van der Waals surface area contributed by atoms with E-state index < -0.39 is 5.82 Å². The van der Waals surface area contributed by atoms with Crippen LogP contribution in [0.5, 0.6) is 0 Å². The van der Waals surface area contributed by atoms with Crippen LogP contribution in [-0.4, -0.2) is 27.2 Å². The van der Waals surface area contributed by atoms with Gasteiger partial charge in [0.2, 0.25) is 0 Å². The first-order valence-corrected chi connectivity index (χ1v) is 6.87. The second-order valence-electron chi connectivity index (χ2n) is 3.30. The Balaban J connectivity index is 2.27. The number of thioether (sulfide) groups is 2. The van der Waals surface area contributed by atoms with Gasteiger partial charge in [-0.25, -0.2) is 14.4 Å². The van der Waals surface area contributed by atoms with Crippen molar-refractivity contribution in [1.82, 2.24) is 9.97 Å². The molecule has 2 heterocycles. The zero-order chi connectivity index (χ0) is 10.8. The van der Waals surface area contributed by atoms with Gasteiger partial charge < -0.3 is 5.73 Å². The summed E-state index contributed by atoms with van der Waals surface area (Å²) in [6, 6.07) is 0. The third kappa shape index (κ3) is 2.36. The van der Waals surface area contributed by atoms with Gasteiger partial charge in [0, 0.05) is 17.3 Å². The van der Waals surface area contributed by atoms with Gasteiger partial charge in [0.05, 0.1) is 10.9 Å². The number of hydrogen-bond acceptors (Lipinski definition) is 5. The van der Waals surface area contributed by atoms with E-state index >= 15 is 0 Å². The van der Waals surface area contributed by atoms with E-state index in [0.717, 1.165) is 17.3 Å². The Morgan fingerprint density at radius 3 is 2.80 bits per heavy atom. The van der Waals surface area contributed by atoms with Crippen molar-refractivity contribution in [2.75, 3.05) is 23.0 Å². The zero-order valence-corrected chi connectivity index (χ0v) is 10.00. The second-order valence-corrected chi connectivity index (χ2v) is 5.76. The summed E-state index contributed by atoms with van der Waals surface area (Å²) >= 11 is 3.69. The molecule has 2 rings (SSSR count). The highest BCUT2D eigenvalue weighted by Crippen LogP contribution is 2.35. The molecule has 82 valence electrons. The number of halogens is 1. The van der Waals surface area contributed by atoms with E-state index in [9.17, 15) is 4.39 Å². The standard InChI is InChI=1S/C9H12FN3S2/c1-5-7(10)8(11)13-9(12-5)6-4-14-2-3-15-6/h6H,2-4H2,1H3,(H2,11,12,13). The molecule has 1 fully saturated rings. The Morgan fingerprint density at radius 1 is 1.40 bits per heavy atom. The number of aryl methyl sites for hydroxylation is 1. The fourth-order valence-electron chi connectivity index (χ4n) is 1.38. The van der Waals surface area contributed by atoms with Crippen molar-refractivity contribution in [2.24, 2.45) is 0 Å². The summed E-state index contributed by atoms with van der Waals surface area (Å²) in [7, 11) is 0. The average molecular weight is 245 g/mol. The van der Waals surface area contributed by atoms with Gasteiger partial charge in [-0.15, -0.1) is 11.8 Å². The number of aromatic nitrogens is 2. The summed E-state index contributed by atoms with van der Waals surface area (Å²) in [4.78, 5) is 8.17. The molecule has 1 aromatic rings. The summed E-state index contributed by atoms with van der Waals surface area (Å²) in [6.07, 6.45) is 0. The lowest BCUT2D eigenvalue weighted by molar-refractivity contribution is 0.602. The molecule has 0 aliphatic carbocycles. The third-order valence-electron chi connectivity index (χ3n) is 2.16. The molecular formula is C9H12FN3S2. The second kappa shape index (κ2) is 4.57. The van der Waals surface area contributed by atoms with Crippen molar-refractivity contribution >= 4 is 29.3 Å². The van der Waals surface area contributed by atoms with Crippen molar-refractivity contribution in [3.8, 4) is 0 Å². The van der Waals surface area contributed by atoms with Crippen LogP contribution in [0.3, 0.4) is 0 Å². The molecule has 1 unspecified atom stereocenters. The van der Waals surface area contributed by atoms with Crippen LogP contribution in [0, 0.1) is 12.7 Å². The first-order chi connectivity index (χ1) is 7.18. The van der Waals surface area contributed by atoms with Crippen LogP contribution in [0.15, 0.2) is 0 Å². The van der Waals surface area contributed by atoms with Crippen molar-refractivity contribution in [3.05, 3.63) is 17.3 Å². The molecule has 3 nitrogen and oxygen atoms in total. The molecule has 6 heteroatoms. The van der Waals surface area contributed by atoms with E-state index in [1.165, 1.54) is 0 Å². The summed E-state index contributed by atoms with van der Waals surface area (Å²) in [6.45, 7) is 1.62. The molecular weight excluding hydrogens is 233 g/mol. The molecule has 1 atom stereocenters. The molecule has 0 amide bonds. The fourth-order valence-corrected chi connectivity index (χ4v) is 3.98.